The maximum absolute atomic E-state index is 3.52. The van der Waals surface area contributed by atoms with Crippen molar-refractivity contribution in [3.8, 4) is 0 Å². The van der Waals surface area contributed by atoms with Crippen molar-refractivity contribution in [3.63, 3.8) is 0 Å². The molecule has 0 radical (unpaired) electrons. The highest BCUT2D eigenvalue weighted by Crippen LogP contribution is 2.33. The van der Waals surface area contributed by atoms with Crippen LogP contribution in [0.25, 0.3) is 0 Å². The second-order valence-electron chi connectivity index (χ2n) is 4.55. The van der Waals surface area contributed by atoms with Crippen molar-refractivity contribution in [1.29, 1.82) is 0 Å². The standard InChI is InChI=1S/C14H22N2/c1-2-7-15-8-9-16-11-13-10-12-5-3-4-6-14(12)13/h3-6,13,15-16H,2,7-11H2,1H3. The summed E-state index contributed by atoms with van der Waals surface area (Å²) in [6.07, 6.45) is 2.47. The van der Waals surface area contributed by atoms with E-state index in [4.69, 9.17) is 0 Å². The summed E-state index contributed by atoms with van der Waals surface area (Å²) >= 11 is 0. The van der Waals surface area contributed by atoms with Gasteiger partial charge in [0.15, 0.2) is 0 Å². The molecule has 0 fully saturated rings. The number of rotatable bonds is 7. The van der Waals surface area contributed by atoms with E-state index in [0.29, 0.717) is 0 Å². The van der Waals surface area contributed by atoms with Gasteiger partial charge in [-0.05, 0) is 30.5 Å². The van der Waals surface area contributed by atoms with Gasteiger partial charge in [0, 0.05) is 25.6 Å². The summed E-state index contributed by atoms with van der Waals surface area (Å²) in [4.78, 5) is 0. The average molecular weight is 218 g/mol. The Kier molecular flexibility index (Phi) is 4.37. The van der Waals surface area contributed by atoms with Gasteiger partial charge >= 0.3 is 0 Å². The Hall–Kier alpha value is -0.860. The lowest BCUT2D eigenvalue weighted by Gasteiger charge is -2.30. The molecule has 1 aliphatic rings. The molecular formula is C14H22N2. The molecule has 16 heavy (non-hydrogen) atoms. The molecule has 2 heteroatoms. The van der Waals surface area contributed by atoms with Gasteiger partial charge in [-0.3, -0.25) is 0 Å². The van der Waals surface area contributed by atoms with E-state index in [2.05, 4.69) is 41.8 Å². The topological polar surface area (TPSA) is 24.1 Å². The minimum Gasteiger partial charge on any atom is -0.315 e. The van der Waals surface area contributed by atoms with Crippen molar-refractivity contribution >= 4 is 0 Å². The first-order valence-electron chi connectivity index (χ1n) is 6.41. The van der Waals surface area contributed by atoms with E-state index in [9.17, 15) is 0 Å². The Bertz CT molecular complexity index is 322. The third kappa shape index (κ3) is 2.83. The van der Waals surface area contributed by atoms with E-state index in [1.807, 2.05) is 0 Å². The molecule has 1 aromatic carbocycles. The molecule has 0 aliphatic heterocycles. The first-order chi connectivity index (χ1) is 7.92. The van der Waals surface area contributed by atoms with Crippen LogP contribution >= 0.6 is 0 Å². The zero-order chi connectivity index (χ0) is 11.2. The third-order valence-corrected chi connectivity index (χ3v) is 3.26. The molecular weight excluding hydrogens is 196 g/mol. The van der Waals surface area contributed by atoms with Crippen LogP contribution in [0.1, 0.15) is 30.4 Å². The van der Waals surface area contributed by atoms with Crippen LogP contribution in [0.3, 0.4) is 0 Å². The monoisotopic (exact) mass is 218 g/mol. The molecule has 2 nitrogen and oxygen atoms in total. The normalized spacial score (nSPS) is 17.9. The smallest absolute Gasteiger partial charge is 0.00769 e. The Balaban J connectivity index is 1.59. The fourth-order valence-electron chi connectivity index (χ4n) is 2.30. The predicted molar refractivity (Wildman–Crippen MR) is 68.9 cm³/mol. The highest BCUT2D eigenvalue weighted by atomic mass is 14.9. The number of nitrogens with one attached hydrogen (secondary N) is 2. The Morgan fingerprint density at radius 3 is 2.75 bits per heavy atom. The van der Waals surface area contributed by atoms with Crippen LogP contribution in [-0.2, 0) is 6.42 Å². The van der Waals surface area contributed by atoms with E-state index >= 15 is 0 Å². The summed E-state index contributed by atoms with van der Waals surface area (Å²) in [6, 6.07) is 8.79. The molecule has 0 saturated heterocycles. The molecule has 2 N–H and O–H groups in total. The quantitative estimate of drug-likeness (QED) is 0.683. The molecule has 0 spiro atoms. The van der Waals surface area contributed by atoms with E-state index in [1.54, 1.807) is 11.1 Å². The SMILES string of the molecule is CCCNCCNCC1Cc2ccccc21. The summed E-state index contributed by atoms with van der Waals surface area (Å²) in [7, 11) is 0. The Morgan fingerprint density at radius 2 is 1.94 bits per heavy atom. The van der Waals surface area contributed by atoms with Gasteiger partial charge < -0.3 is 10.6 Å². The summed E-state index contributed by atoms with van der Waals surface area (Å²) in [6.45, 7) is 6.63. The van der Waals surface area contributed by atoms with Crippen LogP contribution in [0.2, 0.25) is 0 Å². The molecule has 1 atom stereocenters. The van der Waals surface area contributed by atoms with Gasteiger partial charge in [-0.25, -0.2) is 0 Å². The van der Waals surface area contributed by atoms with E-state index in [1.165, 1.54) is 12.8 Å². The lowest BCUT2D eigenvalue weighted by Crippen LogP contribution is -2.33. The van der Waals surface area contributed by atoms with E-state index in [0.717, 1.165) is 32.1 Å². The molecule has 0 aromatic heterocycles. The molecule has 2 rings (SSSR count). The summed E-state index contributed by atoms with van der Waals surface area (Å²) in [5.74, 6) is 0.752. The molecule has 0 amide bonds. The number of benzene rings is 1. The Labute approximate surface area is 98.4 Å². The van der Waals surface area contributed by atoms with Crippen molar-refractivity contribution in [1.82, 2.24) is 10.6 Å². The van der Waals surface area contributed by atoms with Gasteiger partial charge in [-0.1, -0.05) is 31.2 Å². The van der Waals surface area contributed by atoms with Gasteiger partial charge in [0.25, 0.3) is 0 Å². The fraction of sp³-hybridized carbons (Fsp3) is 0.571. The molecule has 0 bridgehead atoms. The Morgan fingerprint density at radius 1 is 1.12 bits per heavy atom. The highest BCUT2D eigenvalue weighted by molar-refractivity contribution is 5.40. The molecule has 1 unspecified atom stereocenters. The van der Waals surface area contributed by atoms with Gasteiger partial charge in [0.05, 0.1) is 0 Å². The molecule has 1 aliphatic carbocycles. The van der Waals surface area contributed by atoms with Crippen LogP contribution in [0.15, 0.2) is 24.3 Å². The van der Waals surface area contributed by atoms with Crippen molar-refractivity contribution in [3.05, 3.63) is 35.4 Å². The summed E-state index contributed by atoms with van der Waals surface area (Å²) < 4.78 is 0. The second-order valence-corrected chi connectivity index (χ2v) is 4.55. The number of fused-ring (bicyclic) bond motifs is 1. The van der Waals surface area contributed by atoms with Crippen LogP contribution in [-0.4, -0.2) is 26.2 Å². The van der Waals surface area contributed by atoms with Gasteiger partial charge in [0.1, 0.15) is 0 Å². The van der Waals surface area contributed by atoms with Crippen LogP contribution in [0, 0.1) is 0 Å². The van der Waals surface area contributed by atoms with Crippen LogP contribution in [0.5, 0.6) is 0 Å². The molecule has 1 aromatic rings. The van der Waals surface area contributed by atoms with Crippen molar-refractivity contribution in [2.24, 2.45) is 0 Å². The highest BCUT2D eigenvalue weighted by Gasteiger charge is 2.24. The van der Waals surface area contributed by atoms with E-state index in [-0.39, 0.29) is 0 Å². The largest absolute Gasteiger partial charge is 0.315 e. The lowest BCUT2D eigenvalue weighted by molar-refractivity contribution is 0.523. The predicted octanol–water partition coefficient (Wildman–Crippen LogP) is 1.92. The van der Waals surface area contributed by atoms with Gasteiger partial charge in [-0.15, -0.1) is 0 Å². The maximum atomic E-state index is 3.52. The first kappa shape index (κ1) is 11.6. The maximum Gasteiger partial charge on any atom is 0.00769 e. The summed E-state index contributed by atoms with van der Waals surface area (Å²) in [5.41, 5.74) is 3.09. The number of hydrogen-bond acceptors (Lipinski definition) is 2. The third-order valence-electron chi connectivity index (χ3n) is 3.26. The minimum atomic E-state index is 0.752. The number of hydrogen-bond donors (Lipinski definition) is 2. The first-order valence-corrected chi connectivity index (χ1v) is 6.41. The molecule has 0 heterocycles. The van der Waals surface area contributed by atoms with Crippen molar-refractivity contribution < 1.29 is 0 Å². The lowest BCUT2D eigenvalue weighted by atomic mass is 9.78. The molecule has 88 valence electrons. The minimum absolute atomic E-state index is 0.752. The van der Waals surface area contributed by atoms with Crippen LogP contribution < -0.4 is 10.6 Å². The zero-order valence-corrected chi connectivity index (χ0v) is 10.1. The molecule has 0 saturated carbocycles. The van der Waals surface area contributed by atoms with Gasteiger partial charge in [-0.2, -0.15) is 0 Å². The summed E-state index contributed by atoms with van der Waals surface area (Å²) in [5, 5.41) is 6.93. The van der Waals surface area contributed by atoms with Crippen LogP contribution in [0.4, 0.5) is 0 Å². The van der Waals surface area contributed by atoms with Crippen molar-refractivity contribution in [2.75, 3.05) is 26.2 Å². The average Bonchev–Trinajstić information content (AvgIpc) is 2.28. The van der Waals surface area contributed by atoms with E-state index < -0.39 is 0 Å². The fourth-order valence-corrected chi connectivity index (χ4v) is 2.30. The second kappa shape index (κ2) is 6.02. The van der Waals surface area contributed by atoms with Crippen molar-refractivity contribution in [2.45, 2.75) is 25.7 Å². The van der Waals surface area contributed by atoms with Gasteiger partial charge in [0.2, 0.25) is 0 Å². The zero-order valence-electron chi connectivity index (χ0n) is 10.1.